The van der Waals surface area contributed by atoms with Crippen LogP contribution in [0, 0.1) is 23.7 Å². The number of hydrogen-bond donors (Lipinski definition) is 1. The Kier molecular flexibility index (Phi) is 7.17. The highest BCUT2D eigenvalue weighted by Gasteiger charge is 2.34. The summed E-state index contributed by atoms with van der Waals surface area (Å²) in [6, 6.07) is 8.51. The molecule has 160 valence electrons. The Labute approximate surface area is 175 Å². The lowest BCUT2D eigenvalue weighted by Gasteiger charge is -2.37. The molecule has 1 amide bonds. The quantitative estimate of drug-likeness (QED) is 0.684. The molecule has 1 aromatic carbocycles. The van der Waals surface area contributed by atoms with Crippen molar-refractivity contribution in [2.45, 2.75) is 51.3 Å². The van der Waals surface area contributed by atoms with Gasteiger partial charge in [0.05, 0.1) is 4.90 Å². The Balaban J connectivity index is 1.68. The number of sulfonamides is 1. The number of likely N-dealkylation sites (tertiary alicyclic amines) is 1. The van der Waals surface area contributed by atoms with Gasteiger partial charge in [-0.05, 0) is 62.0 Å². The molecule has 1 saturated heterocycles. The van der Waals surface area contributed by atoms with E-state index in [0.717, 1.165) is 32.4 Å². The van der Waals surface area contributed by atoms with Gasteiger partial charge < -0.3 is 4.90 Å². The Morgan fingerprint density at radius 1 is 1.17 bits per heavy atom. The normalized spacial score (nSPS) is 25.3. The van der Waals surface area contributed by atoms with E-state index in [0.29, 0.717) is 29.7 Å². The molecule has 0 aromatic heterocycles. The first kappa shape index (κ1) is 22.0. The zero-order chi connectivity index (χ0) is 21.0. The van der Waals surface area contributed by atoms with Crippen LogP contribution >= 0.6 is 0 Å². The van der Waals surface area contributed by atoms with Gasteiger partial charge in [-0.1, -0.05) is 43.7 Å². The number of carbonyl (C=O) groups excluding carboxylic acids is 1. The van der Waals surface area contributed by atoms with Gasteiger partial charge >= 0.3 is 0 Å². The molecule has 1 heterocycles. The summed E-state index contributed by atoms with van der Waals surface area (Å²) in [5.41, 5.74) is 1.22. The smallest absolute Gasteiger partial charge is 0.240 e. The summed E-state index contributed by atoms with van der Waals surface area (Å²) in [5.74, 6) is 1.46. The van der Waals surface area contributed by atoms with Crippen LogP contribution in [0.25, 0.3) is 0 Å². The molecule has 5 nitrogen and oxygen atoms in total. The van der Waals surface area contributed by atoms with Gasteiger partial charge in [0.15, 0.2) is 0 Å². The van der Waals surface area contributed by atoms with Crippen molar-refractivity contribution >= 4 is 15.9 Å². The molecule has 1 aromatic rings. The van der Waals surface area contributed by atoms with Crippen molar-refractivity contribution in [1.29, 1.82) is 0 Å². The maximum atomic E-state index is 12.6. The summed E-state index contributed by atoms with van der Waals surface area (Å²) in [6.07, 6.45) is 5.96. The molecule has 0 bridgehead atoms. The maximum Gasteiger partial charge on any atom is 0.240 e. The van der Waals surface area contributed by atoms with Crippen LogP contribution in [0.3, 0.4) is 0 Å². The van der Waals surface area contributed by atoms with E-state index < -0.39 is 10.0 Å². The second-order valence-electron chi connectivity index (χ2n) is 8.87. The van der Waals surface area contributed by atoms with Crippen LogP contribution < -0.4 is 4.72 Å². The van der Waals surface area contributed by atoms with Crippen molar-refractivity contribution in [3.8, 4) is 0 Å². The van der Waals surface area contributed by atoms with Gasteiger partial charge in [-0.15, -0.1) is 0 Å². The van der Waals surface area contributed by atoms with E-state index in [9.17, 15) is 13.2 Å². The molecule has 1 N–H and O–H groups in total. The molecule has 6 heteroatoms. The molecule has 2 aliphatic rings. The van der Waals surface area contributed by atoms with E-state index >= 15 is 0 Å². The average molecular weight is 419 g/mol. The van der Waals surface area contributed by atoms with E-state index in [1.807, 2.05) is 11.0 Å². The minimum Gasteiger partial charge on any atom is -0.343 e. The Hall–Kier alpha value is -1.66. The van der Waals surface area contributed by atoms with Crippen molar-refractivity contribution in [1.82, 2.24) is 9.62 Å². The first-order valence-electron chi connectivity index (χ1n) is 10.8. The lowest BCUT2D eigenvalue weighted by atomic mass is 9.70. The Morgan fingerprint density at radius 2 is 1.83 bits per heavy atom. The minimum atomic E-state index is -3.51. The minimum absolute atomic E-state index is 0.145. The van der Waals surface area contributed by atoms with Gasteiger partial charge in [0.2, 0.25) is 15.9 Å². The van der Waals surface area contributed by atoms with Gasteiger partial charge in [-0.3, -0.25) is 4.79 Å². The molecule has 3 atom stereocenters. The number of benzene rings is 1. The third-order valence-corrected chi connectivity index (χ3v) is 7.97. The van der Waals surface area contributed by atoms with E-state index in [2.05, 4.69) is 31.6 Å². The SMILES string of the molecule is CC1=C[C@@H](CNS(=O)(=O)c2ccccc2)[C@H](C(C)C)C[C@H]1CC(=O)N1CCCC1. The second-order valence-corrected chi connectivity index (χ2v) is 10.6. The Morgan fingerprint density at radius 3 is 2.45 bits per heavy atom. The molecule has 1 aliphatic carbocycles. The predicted molar refractivity (Wildman–Crippen MR) is 116 cm³/mol. The summed E-state index contributed by atoms with van der Waals surface area (Å²) in [7, 11) is -3.51. The van der Waals surface area contributed by atoms with Crippen LogP contribution in [-0.4, -0.2) is 38.9 Å². The van der Waals surface area contributed by atoms with Gasteiger partial charge in [-0.25, -0.2) is 13.1 Å². The van der Waals surface area contributed by atoms with E-state index in [1.54, 1.807) is 24.3 Å². The van der Waals surface area contributed by atoms with Crippen LogP contribution in [-0.2, 0) is 14.8 Å². The van der Waals surface area contributed by atoms with Crippen molar-refractivity contribution in [2.75, 3.05) is 19.6 Å². The van der Waals surface area contributed by atoms with Crippen molar-refractivity contribution in [3.05, 3.63) is 42.0 Å². The molecule has 0 radical (unpaired) electrons. The van der Waals surface area contributed by atoms with Crippen LogP contribution in [0.15, 0.2) is 46.9 Å². The lowest BCUT2D eigenvalue weighted by Crippen LogP contribution is -2.38. The monoisotopic (exact) mass is 418 g/mol. The molecule has 1 aliphatic heterocycles. The highest BCUT2D eigenvalue weighted by Crippen LogP contribution is 2.39. The summed E-state index contributed by atoms with van der Waals surface area (Å²) in [6.45, 7) is 8.66. The molecule has 29 heavy (non-hydrogen) atoms. The molecule has 0 spiro atoms. The third-order valence-electron chi connectivity index (χ3n) is 6.53. The maximum absolute atomic E-state index is 12.6. The number of amides is 1. The first-order valence-corrected chi connectivity index (χ1v) is 12.3. The molecular formula is C23H34N2O3S. The zero-order valence-corrected chi connectivity index (χ0v) is 18.6. The topological polar surface area (TPSA) is 66.5 Å². The van der Waals surface area contributed by atoms with Crippen LogP contribution in [0.5, 0.6) is 0 Å². The summed E-state index contributed by atoms with van der Waals surface area (Å²) in [5, 5.41) is 0. The van der Waals surface area contributed by atoms with Gasteiger partial charge in [0, 0.05) is 26.1 Å². The van der Waals surface area contributed by atoms with Crippen molar-refractivity contribution in [3.63, 3.8) is 0 Å². The van der Waals surface area contributed by atoms with Gasteiger partial charge in [-0.2, -0.15) is 0 Å². The number of carbonyl (C=O) groups is 1. The van der Waals surface area contributed by atoms with Gasteiger partial charge in [0.25, 0.3) is 0 Å². The Bertz CT molecular complexity index is 827. The third kappa shape index (κ3) is 5.48. The number of allylic oxidation sites excluding steroid dienone is 1. The van der Waals surface area contributed by atoms with Crippen LogP contribution in [0.1, 0.15) is 46.5 Å². The second kappa shape index (κ2) is 9.43. The summed E-state index contributed by atoms with van der Waals surface area (Å²) >= 11 is 0. The highest BCUT2D eigenvalue weighted by atomic mass is 32.2. The predicted octanol–water partition coefficient (Wildman–Crippen LogP) is 3.83. The standard InChI is InChI=1S/C23H34N2O3S/c1-17(2)22-14-19(15-23(26)25-11-7-8-12-25)18(3)13-20(22)16-24-29(27,28)21-9-5-4-6-10-21/h4-6,9-10,13,17,19-20,22,24H,7-8,11-12,14-16H2,1-3H3/t19-,20-,22-/m0/s1. The number of rotatable bonds is 7. The average Bonchev–Trinajstić information content (AvgIpc) is 3.23. The summed E-state index contributed by atoms with van der Waals surface area (Å²) in [4.78, 5) is 14.9. The van der Waals surface area contributed by atoms with E-state index in [4.69, 9.17) is 0 Å². The van der Waals surface area contributed by atoms with E-state index in [-0.39, 0.29) is 17.7 Å². The van der Waals surface area contributed by atoms with Crippen molar-refractivity contribution in [2.24, 2.45) is 23.7 Å². The molecule has 3 rings (SSSR count). The lowest BCUT2D eigenvalue weighted by molar-refractivity contribution is -0.131. The molecule has 1 fully saturated rings. The largest absolute Gasteiger partial charge is 0.343 e. The molecular weight excluding hydrogens is 384 g/mol. The van der Waals surface area contributed by atoms with E-state index in [1.165, 1.54) is 5.57 Å². The zero-order valence-electron chi connectivity index (χ0n) is 17.8. The fourth-order valence-electron chi connectivity index (χ4n) is 4.70. The summed E-state index contributed by atoms with van der Waals surface area (Å²) < 4.78 is 28.0. The fourth-order valence-corrected chi connectivity index (χ4v) is 5.80. The van der Waals surface area contributed by atoms with Crippen molar-refractivity contribution < 1.29 is 13.2 Å². The fraction of sp³-hybridized carbons (Fsp3) is 0.609. The number of nitrogens with one attached hydrogen (secondary N) is 1. The van der Waals surface area contributed by atoms with Crippen LogP contribution in [0.4, 0.5) is 0 Å². The number of hydrogen-bond acceptors (Lipinski definition) is 3. The highest BCUT2D eigenvalue weighted by molar-refractivity contribution is 7.89. The molecule has 0 saturated carbocycles. The number of nitrogens with zero attached hydrogens (tertiary/aromatic N) is 1. The van der Waals surface area contributed by atoms with Crippen LogP contribution in [0.2, 0.25) is 0 Å². The molecule has 0 unspecified atom stereocenters. The van der Waals surface area contributed by atoms with Gasteiger partial charge in [0.1, 0.15) is 0 Å². The first-order chi connectivity index (χ1) is 13.8.